The van der Waals surface area contributed by atoms with Gasteiger partial charge in [0.15, 0.2) is 10.8 Å². The highest BCUT2D eigenvalue weighted by atomic mass is 32.2. The molecule has 13 nitrogen and oxygen atoms in total. The molecular weight excluding hydrogens is 609 g/mol. The first-order valence-electron chi connectivity index (χ1n) is 13.2. The van der Waals surface area contributed by atoms with Crippen molar-refractivity contribution in [1.29, 1.82) is 0 Å². The van der Waals surface area contributed by atoms with Crippen molar-refractivity contribution in [2.45, 2.75) is 24.0 Å². The summed E-state index contributed by atoms with van der Waals surface area (Å²) in [5, 5.41) is -0.715. The van der Waals surface area contributed by atoms with Gasteiger partial charge in [-0.2, -0.15) is 21.6 Å². The van der Waals surface area contributed by atoms with Crippen LogP contribution < -0.4 is 19.6 Å². The Hall–Kier alpha value is -4.51. The number of halogens is 3. The summed E-state index contributed by atoms with van der Waals surface area (Å²) in [6.45, 7) is 1.29. The highest BCUT2D eigenvalue weighted by Gasteiger charge is 2.46. The number of hydrogen-bond acceptors (Lipinski definition) is 9. The lowest BCUT2D eigenvalue weighted by atomic mass is 10.2. The van der Waals surface area contributed by atoms with Crippen LogP contribution in [-0.4, -0.2) is 71.4 Å². The maximum absolute atomic E-state index is 13.6. The van der Waals surface area contributed by atoms with Gasteiger partial charge in [-0.05, 0) is 51.7 Å². The third-order valence-electron chi connectivity index (χ3n) is 6.41. The van der Waals surface area contributed by atoms with Crippen molar-refractivity contribution in [3.63, 3.8) is 0 Å². The summed E-state index contributed by atoms with van der Waals surface area (Å²) in [6, 6.07) is 8.61. The lowest BCUT2D eigenvalue weighted by Crippen LogP contribution is -2.39. The third-order valence-corrected chi connectivity index (χ3v) is 7.86. The Morgan fingerprint density at radius 3 is 2.27 bits per heavy atom. The van der Waals surface area contributed by atoms with Crippen LogP contribution in [0.3, 0.4) is 0 Å². The largest absolute Gasteiger partial charge is 0.493 e. The fraction of sp³-hybridized carbons (Fsp3) is 0.370. The molecule has 0 amide bonds. The van der Waals surface area contributed by atoms with E-state index in [1.165, 1.54) is 48.5 Å². The first-order valence-corrected chi connectivity index (χ1v) is 14.6. The van der Waals surface area contributed by atoms with Crippen LogP contribution in [0.5, 0.6) is 17.2 Å². The number of sulfonamides is 1. The van der Waals surface area contributed by atoms with Gasteiger partial charge in [-0.1, -0.05) is 10.5 Å². The minimum Gasteiger partial charge on any atom is -0.493 e. The second-order valence-electron chi connectivity index (χ2n) is 10.1. The first kappa shape index (κ1) is 32.4. The topological polar surface area (TPSA) is 130 Å². The van der Waals surface area contributed by atoms with Crippen LogP contribution in [0.1, 0.15) is 12.8 Å². The minimum absolute atomic E-state index is 0.110. The minimum atomic E-state index is -5.55. The Morgan fingerprint density at radius 1 is 1.00 bits per heavy atom. The molecule has 0 radical (unpaired) electrons. The number of anilines is 1. The van der Waals surface area contributed by atoms with Gasteiger partial charge in [0, 0.05) is 39.5 Å². The molecule has 0 spiro atoms. The SMILES string of the molecule is CN(C)CCCCOc1cccc(Oc2cc3c(cc2N(OC(=O)C(F)(F)F)S(=O)(=O)c2cn(C)cn2)n(C)c(=O)n3C)c1. The fourth-order valence-corrected chi connectivity index (χ4v) is 5.39. The smallest absolute Gasteiger partial charge is 0.493 e. The van der Waals surface area contributed by atoms with Crippen molar-refractivity contribution in [1.82, 2.24) is 23.6 Å². The van der Waals surface area contributed by atoms with Gasteiger partial charge in [0.25, 0.3) is 0 Å². The molecule has 0 aliphatic carbocycles. The van der Waals surface area contributed by atoms with E-state index in [2.05, 4.69) is 14.7 Å². The van der Waals surface area contributed by atoms with Crippen LogP contribution in [-0.2, 0) is 40.8 Å². The molecule has 238 valence electrons. The summed E-state index contributed by atoms with van der Waals surface area (Å²) in [6.07, 6.45) is -1.76. The van der Waals surface area contributed by atoms with Crippen molar-refractivity contribution < 1.29 is 40.7 Å². The molecule has 2 aromatic carbocycles. The molecule has 0 atom stereocenters. The van der Waals surface area contributed by atoms with E-state index in [4.69, 9.17) is 9.47 Å². The van der Waals surface area contributed by atoms with E-state index in [0.29, 0.717) is 12.4 Å². The van der Waals surface area contributed by atoms with Crippen LogP contribution in [0, 0.1) is 0 Å². The lowest BCUT2D eigenvalue weighted by Gasteiger charge is -2.24. The molecule has 2 aromatic heterocycles. The normalized spacial score (nSPS) is 12.1. The molecule has 0 saturated carbocycles. The zero-order valence-electron chi connectivity index (χ0n) is 24.5. The Morgan fingerprint density at radius 2 is 1.66 bits per heavy atom. The number of aryl methyl sites for hydroxylation is 3. The third kappa shape index (κ3) is 6.99. The predicted molar refractivity (Wildman–Crippen MR) is 153 cm³/mol. The zero-order chi connectivity index (χ0) is 32.4. The molecule has 0 fully saturated rings. The van der Waals surface area contributed by atoms with Gasteiger partial charge < -0.3 is 23.8 Å². The number of fused-ring (bicyclic) bond motifs is 1. The molecule has 44 heavy (non-hydrogen) atoms. The molecule has 0 N–H and O–H groups in total. The van der Waals surface area contributed by atoms with E-state index < -0.39 is 38.6 Å². The average Bonchev–Trinajstić information content (AvgIpc) is 3.48. The number of hydrogen-bond donors (Lipinski definition) is 0. The van der Waals surface area contributed by atoms with Gasteiger partial charge in [0.1, 0.15) is 17.2 Å². The van der Waals surface area contributed by atoms with E-state index in [1.807, 2.05) is 14.1 Å². The summed E-state index contributed by atoms with van der Waals surface area (Å²) in [4.78, 5) is 35.0. The molecule has 4 rings (SSSR count). The van der Waals surface area contributed by atoms with Crippen LogP contribution in [0.2, 0.25) is 0 Å². The van der Waals surface area contributed by atoms with Crippen molar-refractivity contribution >= 4 is 32.7 Å². The molecule has 17 heteroatoms. The maximum Gasteiger partial charge on any atom is 0.493 e. The molecule has 0 aliphatic heterocycles. The summed E-state index contributed by atoms with van der Waals surface area (Å²) >= 11 is 0. The summed E-state index contributed by atoms with van der Waals surface area (Å²) in [5.41, 5.74) is -0.781. The van der Waals surface area contributed by atoms with Gasteiger partial charge in [-0.3, -0.25) is 9.13 Å². The summed E-state index contributed by atoms with van der Waals surface area (Å²) in [5.74, 6) is -2.62. The predicted octanol–water partition coefficient (Wildman–Crippen LogP) is 3.34. The molecular formula is C27H31F3N6O7S. The van der Waals surface area contributed by atoms with E-state index >= 15 is 0 Å². The zero-order valence-corrected chi connectivity index (χ0v) is 25.3. The fourth-order valence-electron chi connectivity index (χ4n) is 4.18. The monoisotopic (exact) mass is 640 g/mol. The molecule has 4 aromatic rings. The standard InChI is InChI=1S/C27H31F3N6O7S/c1-32(2)11-6-7-12-41-18-9-8-10-19(13-18)42-23-15-21-20(34(4)26(38)35(21)5)14-22(23)36(43-25(37)27(28,29)30)44(39,40)24-16-33(3)17-31-24/h8-10,13-17H,6-7,11-12H2,1-5H3. The quantitative estimate of drug-likeness (QED) is 0.169. The van der Waals surface area contributed by atoms with Crippen LogP contribution >= 0.6 is 0 Å². The first-order chi connectivity index (χ1) is 20.6. The highest BCUT2D eigenvalue weighted by molar-refractivity contribution is 7.92. The van der Waals surface area contributed by atoms with Gasteiger partial charge in [0.2, 0.25) is 0 Å². The second kappa shape index (κ2) is 12.6. The molecule has 0 saturated heterocycles. The number of carbonyl (C=O) groups excluding carboxylic acids is 1. The number of benzene rings is 2. The molecule has 0 unspecified atom stereocenters. The lowest BCUT2D eigenvalue weighted by molar-refractivity contribution is -0.199. The number of imidazole rings is 2. The molecule has 0 bridgehead atoms. The Labute approximate surface area is 250 Å². The van der Waals surface area contributed by atoms with E-state index in [0.717, 1.165) is 42.5 Å². The maximum atomic E-state index is 13.6. The molecule has 0 aliphatic rings. The number of ether oxygens (including phenoxy) is 2. The number of unbranched alkanes of at least 4 members (excludes halogenated alkanes) is 1. The number of nitrogens with zero attached hydrogens (tertiary/aromatic N) is 6. The van der Waals surface area contributed by atoms with Crippen LogP contribution in [0.15, 0.2) is 58.7 Å². The summed E-state index contributed by atoms with van der Waals surface area (Å²) in [7, 11) is 3.14. The number of alkyl halides is 3. The second-order valence-corrected chi connectivity index (χ2v) is 11.8. The van der Waals surface area contributed by atoms with E-state index in [1.54, 1.807) is 12.1 Å². The van der Waals surface area contributed by atoms with Gasteiger partial charge in [-0.25, -0.2) is 14.6 Å². The average molecular weight is 641 g/mol. The number of carbonyl (C=O) groups is 1. The Kier molecular flexibility index (Phi) is 9.29. The van der Waals surface area contributed by atoms with Crippen molar-refractivity contribution in [2.75, 3.05) is 31.7 Å². The number of rotatable bonds is 12. The Bertz CT molecular complexity index is 1830. The summed E-state index contributed by atoms with van der Waals surface area (Å²) < 4.78 is 82.5. The van der Waals surface area contributed by atoms with Crippen molar-refractivity contribution in [3.05, 3.63) is 59.4 Å². The van der Waals surface area contributed by atoms with Crippen LogP contribution in [0.4, 0.5) is 18.9 Å². The van der Waals surface area contributed by atoms with Gasteiger partial charge in [0.05, 0.1) is 24.0 Å². The highest BCUT2D eigenvalue weighted by Crippen LogP contribution is 2.40. The van der Waals surface area contributed by atoms with Crippen LogP contribution in [0.25, 0.3) is 11.0 Å². The van der Waals surface area contributed by atoms with Gasteiger partial charge >= 0.3 is 27.9 Å². The Balaban J connectivity index is 1.82. The van der Waals surface area contributed by atoms with E-state index in [-0.39, 0.29) is 27.0 Å². The molecule has 2 heterocycles. The van der Waals surface area contributed by atoms with Crippen molar-refractivity contribution in [3.8, 4) is 17.2 Å². The number of aromatic nitrogens is 4. The van der Waals surface area contributed by atoms with Crippen molar-refractivity contribution in [2.24, 2.45) is 21.1 Å². The van der Waals surface area contributed by atoms with E-state index in [9.17, 15) is 31.2 Å². The van der Waals surface area contributed by atoms with Gasteiger partial charge in [-0.15, -0.1) is 0 Å².